The molecule has 110 valence electrons. The van der Waals surface area contributed by atoms with E-state index < -0.39 is 0 Å². The second kappa shape index (κ2) is 6.71. The van der Waals surface area contributed by atoms with Crippen LogP contribution in [0.4, 0.5) is 0 Å². The molecule has 0 bridgehead atoms. The zero-order chi connectivity index (χ0) is 13.8. The van der Waals surface area contributed by atoms with Gasteiger partial charge in [0.05, 0.1) is 0 Å². The Morgan fingerprint density at radius 1 is 1.26 bits per heavy atom. The van der Waals surface area contributed by atoms with Crippen LogP contribution in [0.15, 0.2) is 0 Å². The second-order valence-corrected chi connectivity index (χ2v) is 6.51. The van der Waals surface area contributed by atoms with E-state index in [9.17, 15) is 4.79 Å². The Hall–Kier alpha value is -0.610. The molecule has 3 N–H and O–H groups in total. The smallest absolute Gasteiger partial charge is 0.221 e. The van der Waals surface area contributed by atoms with Crippen molar-refractivity contribution in [3.63, 3.8) is 0 Å². The molecule has 0 aliphatic heterocycles. The summed E-state index contributed by atoms with van der Waals surface area (Å²) in [6.45, 7) is 2.90. The Morgan fingerprint density at radius 3 is 2.42 bits per heavy atom. The molecule has 1 amide bonds. The predicted octanol–water partition coefficient (Wildman–Crippen LogP) is 1.49. The minimum absolute atomic E-state index is 0.175. The monoisotopic (exact) mass is 267 g/mol. The molecular weight excluding hydrogens is 238 g/mol. The first-order chi connectivity index (χ1) is 9.10. The number of nitrogens with one attached hydrogen (secondary N) is 1. The number of rotatable bonds is 6. The third-order valence-electron chi connectivity index (χ3n) is 4.77. The minimum Gasteiger partial charge on any atom is -0.353 e. The van der Waals surface area contributed by atoms with Crippen molar-refractivity contribution < 1.29 is 4.79 Å². The number of likely N-dealkylation sites (N-methyl/N-ethyl adjacent to an activating group) is 1. The molecule has 19 heavy (non-hydrogen) atoms. The van der Waals surface area contributed by atoms with Gasteiger partial charge in [0.15, 0.2) is 0 Å². The summed E-state index contributed by atoms with van der Waals surface area (Å²) in [6.07, 6.45) is 7.96. The van der Waals surface area contributed by atoms with Gasteiger partial charge in [-0.05, 0) is 51.5 Å². The van der Waals surface area contributed by atoms with Crippen molar-refractivity contribution in [3.05, 3.63) is 0 Å². The number of nitrogens with two attached hydrogens (primary N) is 1. The summed E-state index contributed by atoms with van der Waals surface area (Å²) in [5.74, 6) is 1.04. The lowest BCUT2D eigenvalue weighted by Gasteiger charge is -2.38. The molecule has 2 aliphatic rings. The van der Waals surface area contributed by atoms with Gasteiger partial charge >= 0.3 is 0 Å². The van der Waals surface area contributed by atoms with Crippen molar-refractivity contribution in [3.8, 4) is 0 Å². The molecule has 0 saturated heterocycles. The summed E-state index contributed by atoms with van der Waals surface area (Å²) in [5.41, 5.74) is 5.88. The van der Waals surface area contributed by atoms with E-state index >= 15 is 0 Å². The van der Waals surface area contributed by atoms with Crippen LogP contribution in [0.3, 0.4) is 0 Å². The molecule has 0 aromatic rings. The van der Waals surface area contributed by atoms with E-state index in [1.165, 1.54) is 25.7 Å². The van der Waals surface area contributed by atoms with Crippen LogP contribution in [0, 0.1) is 5.92 Å². The topological polar surface area (TPSA) is 58.4 Å². The number of nitrogens with zero attached hydrogens (tertiary/aromatic N) is 1. The SMILES string of the molecule is CC1CCC(N(C)C(CN)CC(=O)NC2CC2)CC1. The molecule has 1 unspecified atom stereocenters. The summed E-state index contributed by atoms with van der Waals surface area (Å²) in [6, 6.07) is 1.25. The maximum atomic E-state index is 11.9. The fraction of sp³-hybridized carbons (Fsp3) is 0.933. The van der Waals surface area contributed by atoms with Gasteiger partial charge in [0.2, 0.25) is 5.91 Å². The van der Waals surface area contributed by atoms with Crippen molar-refractivity contribution in [1.29, 1.82) is 0 Å². The summed E-state index contributed by atoms with van der Waals surface area (Å²) in [4.78, 5) is 14.3. The lowest BCUT2D eigenvalue weighted by Crippen LogP contribution is -2.48. The van der Waals surface area contributed by atoms with Crippen molar-refractivity contribution in [2.24, 2.45) is 11.7 Å². The molecule has 0 aromatic carbocycles. The van der Waals surface area contributed by atoms with Crippen LogP contribution < -0.4 is 11.1 Å². The Balaban J connectivity index is 1.79. The Labute approximate surface area is 117 Å². The van der Waals surface area contributed by atoms with Gasteiger partial charge in [0.1, 0.15) is 0 Å². The van der Waals surface area contributed by atoms with E-state index in [4.69, 9.17) is 5.73 Å². The summed E-state index contributed by atoms with van der Waals surface area (Å²) in [5, 5.41) is 3.06. The quantitative estimate of drug-likeness (QED) is 0.766. The average molecular weight is 267 g/mol. The average Bonchev–Trinajstić information content (AvgIpc) is 3.20. The van der Waals surface area contributed by atoms with E-state index in [1.54, 1.807) is 0 Å². The molecule has 0 spiro atoms. The van der Waals surface area contributed by atoms with Crippen molar-refractivity contribution in [2.45, 2.75) is 70.0 Å². The standard InChI is InChI=1S/C15H29N3O/c1-11-3-7-13(8-4-11)18(2)14(10-16)9-15(19)17-12-5-6-12/h11-14H,3-10,16H2,1-2H3,(H,17,19). The molecular formula is C15H29N3O. The Bertz CT molecular complexity index is 296. The summed E-state index contributed by atoms with van der Waals surface area (Å²) in [7, 11) is 2.14. The first kappa shape index (κ1) is 14.8. The van der Waals surface area contributed by atoms with Crippen LogP contribution in [0.2, 0.25) is 0 Å². The van der Waals surface area contributed by atoms with E-state index in [2.05, 4.69) is 24.2 Å². The molecule has 2 fully saturated rings. The highest BCUT2D eigenvalue weighted by Crippen LogP contribution is 2.27. The fourth-order valence-corrected chi connectivity index (χ4v) is 3.07. The van der Waals surface area contributed by atoms with Crippen LogP contribution in [-0.2, 0) is 4.79 Å². The first-order valence-electron chi connectivity index (χ1n) is 7.81. The maximum Gasteiger partial charge on any atom is 0.221 e. The van der Waals surface area contributed by atoms with Gasteiger partial charge in [-0.25, -0.2) is 0 Å². The van der Waals surface area contributed by atoms with Gasteiger partial charge < -0.3 is 11.1 Å². The highest BCUT2D eigenvalue weighted by Gasteiger charge is 2.29. The molecule has 2 rings (SSSR count). The summed E-state index contributed by atoms with van der Waals surface area (Å²) < 4.78 is 0. The lowest BCUT2D eigenvalue weighted by atomic mass is 9.86. The van der Waals surface area contributed by atoms with Gasteiger partial charge in [-0.15, -0.1) is 0 Å². The summed E-state index contributed by atoms with van der Waals surface area (Å²) >= 11 is 0. The molecule has 2 saturated carbocycles. The van der Waals surface area contributed by atoms with E-state index in [1.807, 2.05) is 0 Å². The van der Waals surface area contributed by atoms with Crippen LogP contribution in [0.1, 0.15) is 51.9 Å². The Morgan fingerprint density at radius 2 is 1.89 bits per heavy atom. The predicted molar refractivity (Wildman–Crippen MR) is 77.8 cm³/mol. The van der Waals surface area contributed by atoms with Crippen molar-refractivity contribution in [2.75, 3.05) is 13.6 Å². The first-order valence-corrected chi connectivity index (χ1v) is 7.81. The number of amides is 1. The fourth-order valence-electron chi connectivity index (χ4n) is 3.07. The van der Waals surface area contributed by atoms with Crippen molar-refractivity contribution in [1.82, 2.24) is 10.2 Å². The third kappa shape index (κ3) is 4.46. The van der Waals surface area contributed by atoms with Crippen LogP contribution in [-0.4, -0.2) is 42.5 Å². The molecule has 0 aromatic heterocycles. The lowest BCUT2D eigenvalue weighted by molar-refractivity contribution is -0.122. The van der Waals surface area contributed by atoms with Crippen molar-refractivity contribution >= 4 is 5.91 Å². The molecule has 4 heteroatoms. The van der Waals surface area contributed by atoms with Gasteiger partial charge in [0, 0.05) is 31.1 Å². The van der Waals surface area contributed by atoms with Gasteiger partial charge in [-0.2, -0.15) is 0 Å². The van der Waals surface area contributed by atoms with Gasteiger partial charge in [0.25, 0.3) is 0 Å². The van der Waals surface area contributed by atoms with Crippen LogP contribution in [0.25, 0.3) is 0 Å². The zero-order valence-electron chi connectivity index (χ0n) is 12.4. The Kier molecular flexibility index (Phi) is 5.22. The van der Waals surface area contributed by atoms with Gasteiger partial charge in [-0.3, -0.25) is 9.69 Å². The highest BCUT2D eigenvalue weighted by molar-refractivity contribution is 5.77. The van der Waals surface area contributed by atoms with Crippen LogP contribution >= 0.6 is 0 Å². The molecule has 2 aliphatic carbocycles. The zero-order valence-corrected chi connectivity index (χ0v) is 12.4. The van der Waals surface area contributed by atoms with E-state index in [0.717, 1.165) is 18.8 Å². The normalized spacial score (nSPS) is 29.3. The third-order valence-corrected chi connectivity index (χ3v) is 4.77. The second-order valence-electron chi connectivity index (χ2n) is 6.51. The number of hydrogen-bond donors (Lipinski definition) is 2. The number of hydrogen-bond acceptors (Lipinski definition) is 3. The molecule has 0 radical (unpaired) electrons. The number of carbonyl (C=O) groups excluding carboxylic acids is 1. The molecule has 0 heterocycles. The van der Waals surface area contributed by atoms with Gasteiger partial charge in [-0.1, -0.05) is 6.92 Å². The maximum absolute atomic E-state index is 11.9. The highest BCUT2D eigenvalue weighted by atomic mass is 16.1. The minimum atomic E-state index is 0.175. The van der Waals surface area contributed by atoms with Crippen LogP contribution in [0.5, 0.6) is 0 Å². The largest absolute Gasteiger partial charge is 0.353 e. The van der Waals surface area contributed by atoms with E-state index in [0.29, 0.717) is 25.0 Å². The van der Waals surface area contributed by atoms with E-state index in [-0.39, 0.29) is 11.9 Å². The molecule has 4 nitrogen and oxygen atoms in total. The number of carbonyl (C=O) groups is 1. The molecule has 1 atom stereocenters.